The van der Waals surface area contributed by atoms with Crippen LogP contribution in [-0.2, 0) is 17.8 Å². The lowest BCUT2D eigenvalue weighted by atomic mass is 9.90. The molecule has 0 aliphatic carbocycles. The minimum atomic E-state index is 0.193. The minimum Gasteiger partial charge on any atom is -0.351 e. The predicted octanol–water partition coefficient (Wildman–Crippen LogP) is 3.33. The van der Waals surface area contributed by atoms with Crippen LogP contribution in [0.2, 0.25) is 0 Å². The molecule has 0 spiro atoms. The molecule has 1 amide bonds. The van der Waals surface area contributed by atoms with Crippen molar-refractivity contribution in [3.8, 4) is 0 Å². The molecule has 2 saturated heterocycles. The molecular weight excluding hydrogens is 358 g/mol. The highest BCUT2D eigenvalue weighted by atomic mass is 16.2. The Bertz CT molecular complexity index is 756. The summed E-state index contributed by atoms with van der Waals surface area (Å²) < 4.78 is 0. The SMILES string of the molecule is O=C(CN1CCC(Cc2ccccc2)CC1)NC1CCN(Cc2ccccc2)C1. The summed E-state index contributed by atoms with van der Waals surface area (Å²) in [6.07, 6.45) is 4.60. The van der Waals surface area contributed by atoms with E-state index < -0.39 is 0 Å². The molecular formula is C25H33N3O. The number of nitrogens with one attached hydrogen (secondary N) is 1. The van der Waals surface area contributed by atoms with Crippen LogP contribution in [0.3, 0.4) is 0 Å². The van der Waals surface area contributed by atoms with Crippen molar-refractivity contribution < 1.29 is 4.79 Å². The van der Waals surface area contributed by atoms with Gasteiger partial charge in [0.25, 0.3) is 0 Å². The lowest BCUT2D eigenvalue weighted by Crippen LogP contribution is -2.45. The molecule has 1 unspecified atom stereocenters. The lowest BCUT2D eigenvalue weighted by Gasteiger charge is -2.31. The maximum Gasteiger partial charge on any atom is 0.234 e. The largest absolute Gasteiger partial charge is 0.351 e. The fourth-order valence-corrected chi connectivity index (χ4v) is 4.71. The van der Waals surface area contributed by atoms with Crippen LogP contribution < -0.4 is 5.32 Å². The van der Waals surface area contributed by atoms with Gasteiger partial charge >= 0.3 is 0 Å². The highest BCUT2D eigenvalue weighted by Crippen LogP contribution is 2.21. The molecule has 2 aromatic carbocycles. The summed E-state index contributed by atoms with van der Waals surface area (Å²) in [4.78, 5) is 17.3. The van der Waals surface area contributed by atoms with Crippen molar-refractivity contribution >= 4 is 5.91 Å². The van der Waals surface area contributed by atoms with Gasteiger partial charge in [-0.1, -0.05) is 60.7 Å². The maximum absolute atomic E-state index is 12.5. The van der Waals surface area contributed by atoms with Gasteiger partial charge in [0.05, 0.1) is 6.54 Å². The second-order valence-corrected chi connectivity index (χ2v) is 8.68. The number of hydrogen-bond acceptors (Lipinski definition) is 3. The fraction of sp³-hybridized carbons (Fsp3) is 0.480. The van der Waals surface area contributed by atoms with Gasteiger partial charge in [-0.15, -0.1) is 0 Å². The molecule has 2 fully saturated rings. The van der Waals surface area contributed by atoms with Crippen LogP contribution in [0.25, 0.3) is 0 Å². The van der Waals surface area contributed by atoms with Gasteiger partial charge in [0, 0.05) is 25.7 Å². The van der Waals surface area contributed by atoms with Crippen molar-refractivity contribution in [2.24, 2.45) is 5.92 Å². The van der Waals surface area contributed by atoms with Crippen molar-refractivity contribution in [2.45, 2.75) is 38.3 Å². The zero-order valence-corrected chi connectivity index (χ0v) is 17.3. The van der Waals surface area contributed by atoms with E-state index in [-0.39, 0.29) is 5.91 Å². The molecule has 0 bridgehead atoms. The number of likely N-dealkylation sites (tertiary alicyclic amines) is 2. The second kappa shape index (κ2) is 10.0. The Labute approximate surface area is 174 Å². The van der Waals surface area contributed by atoms with Crippen molar-refractivity contribution in [1.29, 1.82) is 0 Å². The van der Waals surface area contributed by atoms with Crippen LogP contribution >= 0.6 is 0 Å². The Balaban J connectivity index is 1.14. The number of carbonyl (C=O) groups excluding carboxylic acids is 1. The Morgan fingerprint density at radius 3 is 2.14 bits per heavy atom. The third kappa shape index (κ3) is 6.15. The van der Waals surface area contributed by atoms with Gasteiger partial charge in [-0.2, -0.15) is 0 Å². The molecule has 4 rings (SSSR count). The summed E-state index contributed by atoms with van der Waals surface area (Å²) in [5, 5.41) is 3.27. The molecule has 2 aromatic rings. The van der Waals surface area contributed by atoms with Crippen LogP contribution in [0.5, 0.6) is 0 Å². The molecule has 1 atom stereocenters. The second-order valence-electron chi connectivity index (χ2n) is 8.68. The summed E-state index contributed by atoms with van der Waals surface area (Å²) in [7, 11) is 0. The van der Waals surface area contributed by atoms with E-state index in [1.165, 1.54) is 30.4 Å². The topological polar surface area (TPSA) is 35.6 Å². The summed E-state index contributed by atoms with van der Waals surface area (Å²) in [6.45, 7) is 5.62. The number of amides is 1. The third-order valence-electron chi connectivity index (χ3n) is 6.33. The van der Waals surface area contributed by atoms with E-state index in [1.54, 1.807) is 0 Å². The van der Waals surface area contributed by atoms with Gasteiger partial charge in [-0.05, 0) is 55.8 Å². The van der Waals surface area contributed by atoms with E-state index in [0.717, 1.165) is 45.1 Å². The highest BCUT2D eigenvalue weighted by molar-refractivity contribution is 5.78. The summed E-state index contributed by atoms with van der Waals surface area (Å²) in [5.74, 6) is 0.941. The quantitative estimate of drug-likeness (QED) is 0.786. The monoisotopic (exact) mass is 391 g/mol. The first-order valence-corrected chi connectivity index (χ1v) is 11.1. The van der Waals surface area contributed by atoms with E-state index in [4.69, 9.17) is 0 Å². The van der Waals surface area contributed by atoms with Crippen LogP contribution in [0.1, 0.15) is 30.4 Å². The van der Waals surface area contributed by atoms with Crippen LogP contribution in [-0.4, -0.2) is 54.5 Å². The van der Waals surface area contributed by atoms with Gasteiger partial charge in [-0.3, -0.25) is 14.6 Å². The predicted molar refractivity (Wildman–Crippen MR) is 118 cm³/mol. The molecule has 0 saturated carbocycles. The molecule has 4 heteroatoms. The van der Waals surface area contributed by atoms with Crippen molar-refractivity contribution in [1.82, 2.24) is 15.1 Å². The first-order chi connectivity index (χ1) is 14.2. The van der Waals surface area contributed by atoms with Crippen LogP contribution in [0.4, 0.5) is 0 Å². The lowest BCUT2D eigenvalue weighted by molar-refractivity contribution is -0.123. The van der Waals surface area contributed by atoms with Gasteiger partial charge in [0.1, 0.15) is 0 Å². The molecule has 1 N–H and O–H groups in total. The molecule has 29 heavy (non-hydrogen) atoms. The summed E-state index contributed by atoms with van der Waals surface area (Å²) in [5.41, 5.74) is 2.78. The van der Waals surface area contributed by atoms with Gasteiger partial charge < -0.3 is 5.32 Å². The number of piperidine rings is 1. The zero-order valence-electron chi connectivity index (χ0n) is 17.3. The van der Waals surface area contributed by atoms with E-state index >= 15 is 0 Å². The molecule has 2 heterocycles. The Morgan fingerprint density at radius 2 is 1.45 bits per heavy atom. The molecule has 0 aromatic heterocycles. The smallest absolute Gasteiger partial charge is 0.234 e. The summed E-state index contributed by atoms with van der Waals surface area (Å²) in [6, 6.07) is 21.7. The van der Waals surface area contributed by atoms with Crippen molar-refractivity contribution in [3.63, 3.8) is 0 Å². The van der Waals surface area contributed by atoms with Crippen LogP contribution in [0, 0.1) is 5.92 Å². The number of benzene rings is 2. The Hall–Kier alpha value is -2.17. The van der Waals surface area contributed by atoms with Crippen molar-refractivity contribution in [2.75, 3.05) is 32.7 Å². The molecule has 154 valence electrons. The van der Waals surface area contributed by atoms with E-state index in [9.17, 15) is 4.79 Å². The third-order valence-corrected chi connectivity index (χ3v) is 6.33. The normalized spacial score (nSPS) is 21.3. The average molecular weight is 392 g/mol. The molecule has 0 radical (unpaired) electrons. The first-order valence-electron chi connectivity index (χ1n) is 11.1. The minimum absolute atomic E-state index is 0.193. The van der Waals surface area contributed by atoms with E-state index in [2.05, 4.69) is 75.8 Å². The van der Waals surface area contributed by atoms with Gasteiger partial charge in [0.2, 0.25) is 5.91 Å². The van der Waals surface area contributed by atoms with Crippen molar-refractivity contribution in [3.05, 3.63) is 71.8 Å². The fourth-order valence-electron chi connectivity index (χ4n) is 4.71. The number of nitrogens with zero attached hydrogens (tertiary/aromatic N) is 2. The first kappa shape index (κ1) is 20.1. The Kier molecular flexibility index (Phi) is 6.96. The molecule has 2 aliphatic heterocycles. The number of rotatable bonds is 7. The van der Waals surface area contributed by atoms with Crippen LogP contribution in [0.15, 0.2) is 60.7 Å². The maximum atomic E-state index is 12.5. The van der Waals surface area contributed by atoms with Gasteiger partial charge in [0.15, 0.2) is 0 Å². The highest BCUT2D eigenvalue weighted by Gasteiger charge is 2.25. The average Bonchev–Trinajstić information content (AvgIpc) is 3.17. The molecule has 4 nitrogen and oxygen atoms in total. The zero-order chi connectivity index (χ0) is 19.9. The number of carbonyl (C=O) groups is 1. The van der Waals surface area contributed by atoms with E-state index in [0.29, 0.717) is 12.6 Å². The van der Waals surface area contributed by atoms with E-state index in [1.807, 2.05) is 0 Å². The van der Waals surface area contributed by atoms with Gasteiger partial charge in [-0.25, -0.2) is 0 Å². The standard InChI is InChI=1S/C25H33N3O/c29-25(26-24-13-16-28(19-24)18-23-9-5-2-6-10-23)20-27-14-11-22(12-15-27)17-21-7-3-1-4-8-21/h1-10,22,24H,11-20H2,(H,26,29). The number of hydrogen-bond donors (Lipinski definition) is 1. The molecule has 2 aliphatic rings. The Morgan fingerprint density at radius 1 is 0.828 bits per heavy atom. The summed E-state index contributed by atoms with van der Waals surface area (Å²) >= 11 is 0.